The van der Waals surface area contributed by atoms with E-state index in [2.05, 4.69) is 33.9 Å². The van der Waals surface area contributed by atoms with Crippen molar-refractivity contribution >= 4 is 41.5 Å². The summed E-state index contributed by atoms with van der Waals surface area (Å²) in [4.78, 5) is 0.0298. The van der Waals surface area contributed by atoms with Crippen molar-refractivity contribution in [3.8, 4) is 0 Å². The Labute approximate surface area is 167 Å². The molecule has 1 aliphatic rings. The summed E-state index contributed by atoms with van der Waals surface area (Å²) in [6, 6.07) is 3.03. The molecule has 0 aliphatic carbocycles. The van der Waals surface area contributed by atoms with E-state index in [1.165, 1.54) is 10.4 Å². The molecule has 0 spiro atoms. The smallest absolute Gasteiger partial charge is 0.244 e. The molecule has 0 atom stereocenters. The van der Waals surface area contributed by atoms with E-state index in [0.29, 0.717) is 43.5 Å². The maximum Gasteiger partial charge on any atom is 0.244 e. The molecule has 0 N–H and O–H groups in total. The van der Waals surface area contributed by atoms with Crippen molar-refractivity contribution < 1.29 is 17.6 Å². The molecule has 0 amide bonds. The minimum Gasteiger partial charge on any atom is -0.413 e. The molecule has 0 saturated carbocycles. The SMILES string of the molecule is CC(C)(C)[Si](C)(C)OCc1cc(Cl)c(S(=O)(=O)N2CCOCC2)cc1Cl. The summed E-state index contributed by atoms with van der Waals surface area (Å²) in [5.74, 6) is 0. The van der Waals surface area contributed by atoms with Crippen molar-refractivity contribution in [1.82, 2.24) is 4.31 Å². The van der Waals surface area contributed by atoms with Gasteiger partial charge < -0.3 is 9.16 Å². The maximum absolute atomic E-state index is 12.8. The molecule has 148 valence electrons. The number of halogens is 2. The van der Waals surface area contributed by atoms with Gasteiger partial charge in [-0.05, 0) is 35.8 Å². The molecule has 0 aromatic heterocycles. The van der Waals surface area contributed by atoms with Crippen LogP contribution in [0, 0.1) is 0 Å². The van der Waals surface area contributed by atoms with E-state index in [9.17, 15) is 8.42 Å². The van der Waals surface area contributed by atoms with Crippen LogP contribution in [0.15, 0.2) is 17.0 Å². The van der Waals surface area contributed by atoms with Gasteiger partial charge in [0.15, 0.2) is 8.32 Å². The molecule has 0 radical (unpaired) electrons. The van der Waals surface area contributed by atoms with Gasteiger partial charge in [-0.15, -0.1) is 0 Å². The Morgan fingerprint density at radius 3 is 2.27 bits per heavy atom. The molecule has 1 heterocycles. The zero-order valence-corrected chi connectivity index (χ0v) is 19.3. The topological polar surface area (TPSA) is 55.8 Å². The molecule has 2 rings (SSSR count). The summed E-state index contributed by atoms with van der Waals surface area (Å²) in [7, 11) is -5.64. The monoisotopic (exact) mass is 439 g/mol. The fraction of sp³-hybridized carbons (Fsp3) is 0.647. The van der Waals surface area contributed by atoms with E-state index in [1.54, 1.807) is 6.07 Å². The summed E-state index contributed by atoms with van der Waals surface area (Å²) < 4.78 is 38.4. The van der Waals surface area contributed by atoms with Crippen molar-refractivity contribution in [2.24, 2.45) is 0 Å². The lowest BCUT2D eigenvalue weighted by molar-refractivity contribution is 0.0730. The van der Waals surface area contributed by atoms with Gasteiger partial charge in [-0.3, -0.25) is 0 Å². The number of hydrogen-bond acceptors (Lipinski definition) is 4. The minimum atomic E-state index is -3.69. The first-order chi connectivity index (χ1) is 11.9. The zero-order chi connectivity index (χ0) is 19.8. The second-order valence-corrected chi connectivity index (χ2v) is 15.5. The van der Waals surface area contributed by atoms with Crippen molar-refractivity contribution in [2.75, 3.05) is 26.3 Å². The average molecular weight is 440 g/mol. The molecule has 1 aromatic rings. The van der Waals surface area contributed by atoms with Gasteiger partial charge in [0.1, 0.15) is 4.90 Å². The predicted molar refractivity (Wildman–Crippen MR) is 108 cm³/mol. The van der Waals surface area contributed by atoms with E-state index in [-0.39, 0.29) is 15.0 Å². The molecule has 9 heteroatoms. The van der Waals surface area contributed by atoms with Crippen LogP contribution in [0.25, 0.3) is 0 Å². The maximum atomic E-state index is 12.8. The van der Waals surface area contributed by atoms with Crippen molar-refractivity contribution in [1.29, 1.82) is 0 Å². The van der Waals surface area contributed by atoms with Crippen LogP contribution in [-0.2, 0) is 25.8 Å². The Balaban J connectivity index is 2.25. The highest BCUT2D eigenvalue weighted by Gasteiger charge is 2.37. The van der Waals surface area contributed by atoms with Gasteiger partial charge in [0.25, 0.3) is 0 Å². The Morgan fingerprint density at radius 2 is 1.73 bits per heavy atom. The van der Waals surface area contributed by atoms with Crippen LogP contribution in [0.4, 0.5) is 0 Å². The van der Waals surface area contributed by atoms with E-state index >= 15 is 0 Å². The highest BCUT2D eigenvalue weighted by atomic mass is 35.5. The van der Waals surface area contributed by atoms with Gasteiger partial charge in [0.05, 0.1) is 24.8 Å². The zero-order valence-electron chi connectivity index (χ0n) is 15.9. The molecule has 5 nitrogen and oxygen atoms in total. The van der Waals surface area contributed by atoms with Crippen LogP contribution in [0.3, 0.4) is 0 Å². The number of nitrogens with zero attached hydrogens (tertiary/aromatic N) is 1. The highest BCUT2D eigenvalue weighted by Crippen LogP contribution is 2.38. The minimum absolute atomic E-state index is 0.0298. The number of sulfonamides is 1. The van der Waals surface area contributed by atoms with Gasteiger partial charge in [-0.25, -0.2) is 8.42 Å². The largest absolute Gasteiger partial charge is 0.413 e. The standard InChI is InChI=1S/C17H27Cl2NO4SSi/c1-17(2,3)26(4,5)24-12-13-10-15(19)16(11-14(13)18)25(21,22)20-6-8-23-9-7-20/h10-11H,6-9,12H2,1-5H3. The molecular weight excluding hydrogens is 413 g/mol. The van der Waals surface area contributed by atoms with Gasteiger partial charge in [-0.1, -0.05) is 44.0 Å². The van der Waals surface area contributed by atoms with Gasteiger partial charge in [0.2, 0.25) is 10.0 Å². The van der Waals surface area contributed by atoms with Crippen LogP contribution in [0.1, 0.15) is 26.3 Å². The Hall–Kier alpha value is -0.153. The molecule has 1 aliphatic heterocycles. The Kier molecular flexibility index (Phi) is 6.87. The summed E-state index contributed by atoms with van der Waals surface area (Å²) >= 11 is 12.7. The average Bonchev–Trinajstić information content (AvgIpc) is 2.55. The molecule has 1 aromatic carbocycles. The molecule has 1 fully saturated rings. The quantitative estimate of drug-likeness (QED) is 0.631. The second kappa shape index (κ2) is 8.07. The molecule has 0 unspecified atom stereocenters. The van der Waals surface area contributed by atoms with Crippen molar-refractivity contribution in [3.63, 3.8) is 0 Å². The summed E-state index contributed by atoms with van der Waals surface area (Å²) in [6.07, 6.45) is 0. The summed E-state index contributed by atoms with van der Waals surface area (Å²) in [5.41, 5.74) is 0.697. The van der Waals surface area contributed by atoms with Crippen LogP contribution < -0.4 is 0 Å². The number of rotatable bonds is 5. The molecule has 1 saturated heterocycles. The van der Waals surface area contributed by atoms with Crippen LogP contribution in [-0.4, -0.2) is 47.3 Å². The van der Waals surface area contributed by atoms with Gasteiger partial charge >= 0.3 is 0 Å². The van der Waals surface area contributed by atoms with E-state index in [0.717, 1.165) is 0 Å². The molecule has 0 bridgehead atoms. The third kappa shape index (κ3) is 4.81. The molecular formula is C17H27Cl2NO4SSi. The molecule has 26 heavy (non-hydrogen) atoms. The summed E-state index contributed by atoms with van der Waals surface area (Å²) in [6.45, 7) is 12.5. The van der Waals surface area contributed by atoms with E-state index in [4.69, 9.17) is 32.4 Å². The fourth-order valence-corrected chi connectivity index (χ4v) is 5.47. The Morgan fingerprint density at radius 1 is 1.15 bits per heavy atom. The normalized spacial score (nSPS) is 17.5. The fourth-order valence-electron chi connectivity index (χ4n) is 2.28. The van der Waals surface area contributed by atoms with E-state index in [1.807, 2.05) is 0 Å². The summed E-state index contributed by atoms with van der Waals surface area (Å²) in [5, 5.41) is 0.581. The van der Waals surface area contributed by atoms with E-state index < -0.39 is 18.3 Å². The Bertz CT molecular complexity index is 757. The number of benzene rings is 1. The van der Waals surface area contributed by atoms with Gasteiger partial charge in [-0.2, -0.15) is 4.31 Å². The number of hydrogen-bond donors (Lipinski definition) is 0. The third-order valence-corrected chi connectivity index (χ3v) is 12.3. The lowest BCUT2D eigenvalue weighted by Crippen LogP contribution is -2.41. The first-order valence-corrected chi connectivity index (χ1v) is 13.7. The first-order valence-electron chi connectivity index (χ1n) is 8.56. The van der Waals surface area contributed by atoms with Gasteiger partial charge in [0, 0.05) is 18.1 Å². The lowest BCUT2D eigenvalue weighted by Gasteiger charge is -2.36. The van der Waals surface area contributed by atoms with Crippen LogP contribution >= 0.6 is 23.2 Å². The first kappa shape index (κ1) is 22.1. The lowest BCUT2D eigenvalue weighted by atomic mass is 10.2. The number of ether oxygens (including phenoxy) is 1. The highest BCUT2D eigenvalue weighted by molar-refractivity contribution is 7.89. The van der Waals surface area contributed by atoms with Crippen molar-refractivity contribution in [3.05, 3.63) is 27.7 Å². The third-order valence-electron chi connectivity index (χ3n) is 5.08. The second-order valence-electron chi connectivity index (χ2n) is 7.94. The van der Waals surface area contributed by atoms with Crippen LogP contribution in [0.2, 0.25) is 28.2 Å². The van der Waals surface area contributed by atoms with Crippen LogP contribution in [0.5, 0.6) is 0 Å². The predicted octanol–water partition coefficient (Wildman–Crippen LogP) is 4.54. The van der Waals surface area contributed by atoms with Crippen molar-refractivity contribution in [2.45, 2.75) is 50.4 Å². The number of morpholine rings is 1.